The number of likely N-dealkylation sites (tertiary alicyclic amines) is 1. The molecule has 6 nitrogen and oxygen atoms in total. The van der Waals surface area contributed by atoms with Gasteiger partial charge in [-0.3, -0.25) is 9.69 Å². The Morgan fingerprint density at radius 3 is 2.41 bits per heavy atom. The molecule has 2 aliphatic heterocycles. The lowest BCUT2D eigenvalue weighted by molar-refractivity contribution is -0.124. The van der Waals surface area contributed by atoms with Gasteiger partial charge in [0.25, 0.3) is 0 Å². The van der Waals surface area contributed by atoms with E-state index in [9.17, 15) is 14.7 Å². The van der Waals surface area contributed by atoms with Crippen molar-refractivity contribution in [2.75, 3.05) is 38.1 Å². The molecule has 3 heterocycles. The standard InChI is InChI=1S/C27H35N3O3S/c1-28-14-12-21(13-15-28)29-17-23(19-8-4-2-5-9-19)30(25(31)18-29)22-16-24(34-26(22)27(32)33)20-10-6-3-7-11-20/h3,6-7,10-11,16,19,21,23H,2,4-5,8-9,12-15,17-18H2,1H3,(H,32,33)/t23-/m0/s1. The number of carbonyl (C=O) groups is 2. The first-order chi connectivity index (χ1) is 16.5. The van der Waals surface area contributed by atoms with Crippen molar-refractivity contribution in [1.29, 1.82) is 0 Å². The Morgan fingerprint density at radius 1 is 1.03 bits per heavy atom. The van der Waals surface area contributed by atoms with Crippen molar-refractivity contribution in [2.24, 2.45) is 5.92 Å². The fraction of sp³-hybridized carbons (Fsp3) is 0.556. The number of thiophene rings is 1. The molecular formula is C27H35N3O3S. The Balaban J connectivity index is 1.49. The minimum Gasteiger partial charge on any atom is -0.477 e. The minimum atomic E-state index is -0.949. The van der Waals surface area contributed by atoms with Gasteiger partial charge in [-0.05, 0) is 63.4 Å². The number of anilines is 1. The smallest absolute Gasteiger partial charge is 0.348 e. The van der Waals surface area contributed by atoms with Crippen molar-refractivity contribution in [3.8, 4) is 10.4 Å². The van der Waals surface area contributed by atoms with Gasteiger partial charge in [-0.1, -0.05) is 49.6 Å². The van der Waals surface area contributed by atoms with Crippen LogP contribution in [0.15, 0.2) is 36.4 Å². The number of carboxylic acid groups (broad SMARTS) is 1. The third-order valence-corrected chi connectivity index (χ3v) is 9.14. The van der Waals surface area contributed by atoms with Crippen LogP contribution in [0, 0.1) is 5.92 Å². The summed E-state index contributed by atoms with van der Waals surface area (Å²) in [5.41, 5.74) is 1.59. The summed E-state index contributed by atoms with van der Waals surface area (Å²) >= 11 is 1.28. The molecule has 182 valence electrons. The van der Waals surface area contributed by atoms with Crippen LogP contribution < -0.4 is 4.90 Å². The molecule has 1 aromatic heterocycles. The Kier molecular flexibility index (Phi) is 7.04. The molecule has 0 unspecified atom stereocenters. The second kappa shape index (κ2) is 10.2. The number of carbonyl (C=O) groups excluding carboxylic acids is 1. The van der Waals surface area contributed by atoms with Crippen molar-refractivity contribution in [1.82, 2.24) is 9.80 Å². The lowest BCUT2D eigenvalue weighted by Gasteiger charge is -2.48. The highest BCUT2D eigenvalue weighted by Crippen LogP contribution is 2.41. The van der Waals surface area contributed by atoms with Gasteiger partial charge in [-0.25, -0.2) is 4.79 Å². The molecule has 2 aromatic rings. The number of piperidine rings is 1. The summed E-state index contributed by atoms with van der Waals surface area (Å²) in [6, 6.07) is 12.3. The summed E-state index contributed by atoms with van der Waals surface area (Å²) in [6.07, 6.45) is 8.08. The molecule has 34 heavy (non-hydrogen) atoms. The van der Waals surface area contributed by atoms with Gasteiger partial charge in [0.05, 0.1) is 18.3 Å². The van der Waals surface area contributed by atoms with Gasteiger partial charge in [0.1, 0.15) is 4.88 Å². The van der Waals surface area contributed by atoms with Crippen LogP contribution in [0.25, 0.3) is 10.4 Å². The molecule has 1 N–H and O–H groups in total. The fourth-order valence-electron chi connectivity index (χ4n) is 6.11. The lowest BCUT2D eigenvalue weighted by Crippen LogP contribution is -2.62. The summed E-state index contributed by atoms with van der Waals surface area (Å²) in [7, 11) is 2.17. The van der Waals surface area contributed by atoms with E-state index in [1.807, 2.05) is 41.3 Å². The maximum Gasteiger partial charge on any atom is 0.348 e. The average molecular weight is 482 g/mol. The normalized spacial score (nSPS) is 24.0. The van der Waals surface area contributed by atoms with Crippen LogP contribution in [0.4, 0.5) is 5.69 Å². The molecule has 2 saturated heterocycles. The van der Waals surface area contributed by atoms with Crippen molar-refractivity contribution in [3.63, 3.8) is 0 Å². The van der Waals surface area contributed by atoms with E-state index in [1.54, 1.807) is 0 Å². The third kappa shape index (κ3) is 4.79. The van der Waals surface area contributed by atoms with Gasteiger partial charge in [0, 0.05) is 17.5 Å². The van der Waals surface area contributed by atoms with Crippen LogP contribution in [0.5, 0.6) is 0 Å². The zero-order valence-corrected chi connectivity index (χ0v) is 20.8. The third-order valence-electron chi connectivity index (χ3n) is 7.98. The second-order valence-electron chi connectivity index (χ2n) is 10.2. The van der Waals surface area contributed by atoms with Gasteiger partial charge in [-0.2, -0.15) is 0 Å². The fourth-order valence-corrected chi connectivity index (χ4v) is 7.10. The van der Waals surface area contributed by atoms with Crippen LogP contribution in [-0.4, -0.2) is 72.1 Å². The van der Waals surface area contributed by atoms with E-state index >= 15 is 0 Å². The highest BCUT2D eigenvalue weighted by Gasteiger charge is 2.42. The van der Waals surface area contributed by atoms with Crippen LogP contribution in [0.1, 0.15) is 54.6 Å². The van der Waals surface area contributed by atoms with Crippen molar-refractivity contribution >= 4 is 28.9 Å². The number of piperazine rings is 1. The zero-order valence-electron chi connectivity index (χ0n) is 20.0. The second-order valence-corrected chi connectivity index (χ2v) is 11.2. The summed E-state index contributed by atoms with van der Waals surface area (Å²) in [5, 5.41) is 10.1. The maximum absolute atomic E-state index is 13.8. The predicted octanol–water partition coefficient (Wildman–Crippen LogP) is 4.81. The monoisotopic (exact) mass is 481 g/mol. The van der Waals surface area contributed by atoms with E-state index in [1.165, 1.54) is 30.6 Å². The topological polar surface area (TPSA) is 64.1 Å². The lowest BCUT2D eigenvalue weighted by atomic mass is 9.81. The van der Waals surface area contributed by atoms with Crippen LogP contribution in [-0.2, 0) is 4.79 Å². The van der Waals surface area contributed by atoms with Gasteiger partial charge < -0.3 is 14.9 Å². The molecule has 7 heteroatoms. The summed E-state index contributed by atoms with van der Waals surface area (Å²) in [6.45, 7) is 3.37. The molecule has 0 bridgehead atoms. The van der Waals surface area contributed by atoms with Crippen molar-refractivity contribution in [3.05, 3.63) is 41.3 Å². The van der Waals surface area contributed by atoms with Gasteiger partial charge in [0.15, 0.2) is 0 Å². The molecule has 1 aliphatic carbocycles. The Morgan fingerprint density at radius 2 is 1.74 bits per heavy atom. The van der Waals surface area contributed by atoms with Crippen molar-refractivity contribution in [2.45, 2.75) is 57.0 Å². The minimum absolute atomic E-state index is 0.0394. The highest BCUT2D eigenvalue weighted by molar-refractivity contribution is 7.18. The summed E-state index contributed by atoms with van der Waals surface area (Å²) in [5.74, 6) is -0.468. The number of carboxylic acids is 1. The van der Waals surface area contributed by atoms with Gasteiger partial charge in [0.2, 0.25) is 5.91 Å². The molecule has 5 rings (SSSR count). The van der Waals surface area contributed by atoms with E-state index in [4.69, 9.17) is 0 Å². The van der Waals surface area contributed by atoms with E-state index in [-0.39, 0.29) is 16.8 Å². The van der Waals surface area contributed by atoms with Gasteiger partial charge in [-0.15, -0.1) is 11.3 Å². The first kappa shape index (κ1) is 23.5. The summed E-state index contributed by atoms with van der Waals surface area (Å²) < 4.78 is 0. The van der Waals surface area contributed by atoms with E-state index in [2.05, 4.69) is 16.8 Å². The molecule has 3 fully saturated rings. The number of rotatable bonds is 5. The largest absolute Gasteiger partial charge is 0.477 e. The molecule has 0 radical (unpaired) electrons. The number of aromatic carboxylic acids is 1. The van der Waals surface area contributed by atoms with Crippen LogP contribution >= 0.6 is 11.3 Å². The molecule has 3 aliphatic rings. The van der Waals surface area contributed by atoms with E-state index in [0.717, 1.165) is 55.8 Å². The number of amides is 1. The average Bonchev–Trinajstić information content (AvgIpc) is 3.30. The molecular weight excluding hydrogens is 446 g/mol. The number of hydrogen-bond acceptors (Lipinski definition) is 5. The Bertz CT molecular complexity index is 1010. The quantitative estimate of drug-likeness (QED) is 0.664. The van der Waals surface area contributed by atoms with E-state index < -0.39 is 5.97 Å². The molecule has 1 saturated carbocycles. The van der Waals surface area contributed by atoms with Crippen LogP contribution in [0.3, 0.4) is 0 Å². The van der Waals surface area contributed by atoms with Crippen molar-refractivity contribution < 1.29 is 14.7 Å². The predicted molar refractivity (Wildman–Crippen MR) is 137 cm³/mol. The Hall–Kier alpha value is -2.22. The zero-order chi connectivity index (χ0) is 23.7. The van der Waals surface area contributed by atoms with Gasteiger partial charge >= 0.3 is 5.97 Å². The Labute approximate surface area is 206 Å². The highest BCUT2D eigenvalue weighted by atomic mass is 32.1. The molecule has 1 amide bonds. The molecule has 0 spiro atoms. The SMILES string of the molecule is CN1CCC(N2CC(=O)N(c3cc(-c4ccccc4)sc3C(=O)O)[C@H](C3CCCCC3)C2)CC1. The maximum atomic E-state index is 13.8. The summed E-state index contributed by atoms with van der Waals surface area (Å²) in [4.78, 5) is 33.9. The number of benzene rings is 1. The number of nitrogens with zero attached hydrogens (tertiary/aromatic N) is 3. The molecule has 1 atom stereocenters. The van der Waals surface area contributed by atoms with Crippen LogP contribution in [0.2, 0.25) is 0 Å². The number of hydrogen-bond donors (Lipinski definition) is 1. The first-order valence-electron chi connectivity index (χ1n) is 12.7. The van der Waals surface area contributed by atoms with E-state index in [0.29, 0.717) is 24.2 Å². The first-order valence-corrected chi connectivity index (χ1v) is 13.5. The molecule has 1 aromatic carbocycles.